The van der Waals surface area contributed by atoms with Crippen molar-refractivity contribution >= 4 is 11.3 Å². The van der Waals surface area contributed by atoms with E-state index in [-0.39, 0.29) is 0 Å². The first-order chi connectivity index (χ1) is 8.29. The Kier molecular flexibility index (Phi) is 5.80. The summed E-state index contributed by atoms with van der Waals surface area (Å²) in [6.07, 6.45) is 1.09. The van der Waals surface area contributed by atoms with Crippen molar-refractivity contribution in [3.8, 4) is 0 Å². The topological polar surface area (TPSA) is 24.9 Å². The monoisotopic (exact) mass is 268 g/mol. The molecule has 0 fully saturated rings. The van der Waals surface area contributed by atoms with Crippen LogP contribution in [0.3, 0.4) is 0 Å². The molecule has 1 aromatic heterocycles. The maximum absolute atomic E-state index is 4.60. The molecule has 1 atom stereocenters. The van der Waals surface area contributed by atoms with Crippen LogP contribution in [0.1, 0.15) is 45.3 Å². The van der Waals surface area contributed by atoms with E-state index in [1.807, 2.05) is 0 Å². The van der Waals surface area contributed by atoms with E-state index in [0.29, 0.717) is 17.3 Å². The van der Waals surface area contributed by atoms with Crippen molar-refractivity contribution in [1.29, 1.82) is 0 Å². The molecule has 0 bridgehead atoms. The van der Waals surface area contributed by atoms with Crippen LogP contribution in [0.25, 0.3) is 0 Å². The summed E-state index contributed by atoms with van der Waals surface area (Å²) in [6, 6.07) is 0. The summed E-state index contributed by atoms with van der Waals surface area (Å²) in [5, 5.41) is 7.02. The predicted molar refractivity (Wildman–Crippen MR) is 81.2 cm³/mol. The molecule has 0 radical (unpaired) electrons. The lowest BCUT2D eigenvalue weighted by Gasteiger charge is -2.30. The summed E-state index contributed by atoms with van der Waals surface area (Å²) < 4.78 is 0. The number of hydrogen-bond donors (Lipinski definition) is 1. The van der Waals surface area contributed by atoms with Crippen molar-refractivity contribution < 1.29 is 0 Å². The molecule has 1 rings (SSSR count). The highest BCUT2D eigenvalue weighted by atomic mass is 32.1. The summed E-state index contributed by atoms with van der Waals surface area (Å²) in [5.41, 5.74) is 1.47. The quantitative estimate of drug-likeness (QED) is 0.846. The lowest BCUT2D eigenvalue weighted by molar-refractivity contribution is 0.228. The van der Waals surface area contributed by atoms with Crippen LogP contribution in [-0.4, -0.2) is 18.1 Å². The zero-order valence-electron chi connectivity index (χ0n) is 12.7. The van der Waals surface area contributed by atoms with Gasteiger partial charge in [-0.2, -0.15) is 0 Å². The Morgan fingerprint density at radius 1 is 1.28 bits per heavy atom. The predicted octanol–water partition coefficient (Wildman–Crippen LogP) is 3.90. The first-order valence-electron chi connectivity index (χ1n) is 6.90. The average Bonchev–Trinajstić information content (AvgIpc) is 2.60. The van der Waals surface area contributed by atoms with Gasteiger partial charge < -0.3 is 5.32 Å². The van der Waals surface area contributed by atoms with E-state index >= 15 is 0 Å². The van der Waals surface area contributed by atoms with Crippen LogP contribution < -0.4 is 5.32 Å². The third-order valence-corrected chi connectivity index (χ3v) is 4.24. The summed E-state index contributed by atoms with van der Waals surface area (Å²) in [6.45, 7) is 15.7. The van der Waals surface area contributed by atoms with Crippen LogP contribution in [0.4, 0.5) is 0 Å². The molecule has 3 heteroatoms. The second kappa shape index (κ2) is 6.67. The Hall–Kier alpha value is -0.410. The summed E-state index contributed by atoms with van der Waals surface area (Å²) in [5.74, 6) is 1.36. The van der Waals surface area contributed by atoms with Gasteiger partial charge in [-0.1, -0.05) is 34.6 Å². The number of nitrogens with zero attached hydrogens (tertiary/aromatic N) is 1. The van der Waals surface area contributed by atoms with Crippen LogP contribution in [0.15, 0.2) is 5.38 Å². The number of rotatable bonds is 6. The first kappa shape index (κ1) is 15.6. The highest BCUT2D eigenvalue weighted by Gasteiger charge is 2.25. The van der Waals surface area contributed by atoms with Crippen molar-refractivity contribution in [2.75, 3.05) is 13.1 Å². The lowest BCUT2D eigenvalue weighted by atomic mass is 9.79. The summed E-state index contributed by atoms with van der Waals surface area (Å²) in [7, 11) is 0. The third kappa shape index (κ3) is 5.49. The van der Waals surface area contributed by atoms with Gasteiger partial charge in [0.1, 0.15) is 0 Å². The van der Waals surface area contributed by atoms with E-state index in [9.17, 15) is 0 Å². The van der Waals surface area contributed by atoms with Gasteiger partial charge in [0.15, 0.2) is 0 Å². The maximum atomic E-state index is 4.60. The summed E-state index contributed by atoms with van der Waals surface area (Å²) >= 11 is 1.79. The fourth-order valence-corrected chi connectivity index (χ4v) is 2.79. The van der Waals surface area contributed by atoms with Gasteiger partial charge in [-0.05, 0) is 37.3 Å². The van der Waals surface area contributed by atoms with Crippen LogP contribution in [0.2, 0.25) is 0 Å². The van der Waals surface area contributed by atoms with Crippen LogP contribution in [-0.2, 0) is 6.42 Å². The van der Waals surface area contributed by atoms with Gasteiger partial charge in [-0.25, -0.2) is 4.98 Å². The Balaban J connectivity index is 2.56. The zero-order chi connectivity index (χ0) is 13.8. The Bertz CT molecular complexity index is 350. The van der Waals surface area contributed by atoms with Gasteiger partial charge >= 0.3 is 0 Å². The first-order valence-corrected chi connectivity index (χ1v) is 7.78. The van der Waals surface area contributed by atoms with Gasteiger partial charge in [0.25, 0.3) is 0 Å². The molecule has 0 aliphatic heterocycles. The number of thiazole rings is 1. The van der Waals surface area contributed by atoms with Gasteiger partial charge in [-0.15, -0.1) is 11.3 Å². The fourth-order valence-electron chi connectivity index (χ4n) is 1.94. The van der Waals surface area contributed by atoms with E-state index in [1.54, 1.807) is 11.3 Å². The van der Waals surface area contributed by atoms with Gasteiger partial charge in [0, 0.05) is 17.5 Å². The minimum absolute atomic E-state index is 0.323. The fraction of sp³-hybridized carbons (Fsp3) is 0.800. The molecule has 0 aromatic carbocycles. The maximum Gasteiger partial charge on any atom is 0.0931 e. The van der Waals surface area contributed by atoms with E-state index in [0.717, 1.165) is 25.2 Å². The van der Waals surface area contributed by atoms with Crippen molar-refractivity contribution in [1.82, 2.24) is 10.3 Å². The third-order valence-electron chi connectivity index (χ3n) is 3.26. The smallest absolute Gasteiger partial charge is 0.0931 e. The van der Waals surface area contributed by atoms with E-state index in [1.165, 1.54) is 5.01 Å². The lowest BCUT2D eigenvalue weighted by Crippen LogP contribution is -2.35. The van der Waals surface area contributed by atoms with Gasteiger partial charge in [-0.3, -0.25) is 0 Å². The molecule has 1 unspecified atom stereocenters. The van der Waals surface area contributed by atoms with Gasteiger partial charge in [0.05, 0.1) is 5.01 Å². The standard InChI is InChI=1S/C15H28N2S/c1-11(2)8-16-9-13(15(4,5)6)7-14-17-12(3)10-18-14/h10-11,13,16H,7-9H2,1-6H3. The molecule has 0 spiro atoms. The molecule has 1 aromatic rings. The number of hydrogen-bond acceptors (Lipinski definition) is 3. The van der Waals surface area contributed by atoms with E-state index < -0.39 is 0 Å². The van der Waals surface area contributed by atoms with Crippen molar-refractivity contribution in [2.24, 2.45) is 17.3 Å². The normalized spacial score (nSPS) is 14.2. The second-order valence-corrected chi connectivity index (χ2v) is 7.64. The molecule has 0 saturated heterocycles. The van der Waals surface area contributed by atoms with Crippen LogP contribution >= 0.6 is 11.3 Å². The van der Waals surface area contributed by atoms with Crippen LogP contribution in [0, 0.1) is 24.2 Å². The molecule has 0 saturated carbocycles. The van der Waals surface area contributed by atoms with Crippen molar-refractivity contribution in [3.63, 3.8) is 0 Å². The number of aromatic nitrogens is 1. The molecule has 1 N–H and O–H groups in total. The second-order valence-electron chi connectivity index (χ2n) is 6.70. The number of aryl methyl sites for hydroxylation is 1. The molecule has 0 aliphatic carbocycles. The highest BCUT2D eigenvalue weighted by Crippen LogP contribution is 2.29. The van der Waals surface area contributed by atoms with Crippen molar-refractivity contribution in [3.05, 3.63) is 16.1 Å². The molecule has 0 aliphatic rings. The van der Waals surface area contributed by atoms with Gasteiger partial charge in [0.2, 0.25) is 0 Å². The molecular weight excluding hydrogens is 240 g/mol. The van der Waals surface area contributed by atoms with E-state index in [4.69, 9.17) is 0 Å². The molecule has 18 heavy (non-hydrogen) atoms. The molecule has 0 amide bonds. The molecule has 104 valence electrons. The number of nitrogens with one attached hydrogen (secondary N) is 1. The van der Waals surface area contributed by atoms with Crippen LogP contribution in [0.5, 0.6) is 0 Å². The van der Waals surface area contributed by atoms with Crippen molar-refractivity contribution in [2.45, 2.75) is 48.0 Å². The Labute approximate surface area is 116 Å². The minimum Gasteiger partial charge on any atom is -0.316 e. The largest absolute Gasteiger partial charge is 0.316 e. The summed E-state index contributed by atoms with van der Waals surface area (Å²) in [4.78, 5) is 4.60. The molecule has 2 nitrogen and oxygen atoms in total. The SMILES string of the molecule is Cc1csc(CC(CNCC(C)C)C(C)(C)C)n1. The average molecular weight is 268 g/mol. The minimum atomic E-state index is 0.323. The molecule has 1 heterocycles. The van der Waals surface area contributed by atoms with E-state index in [2.05, 4.69) is 57.2 Å². The molecular formula is C15H28N2S. The zero-order valence-corrected chi connectivity index (χ0v) is 13.5. The Morgan fingerprint density at radius 3 is 2.39 bits per heavy atom. The highest BCUT2D eigenvalue weighted by molar-refractivity contribution is 7.09. The Morgan fingerprint density at radius 2 is 1.94 bits per heavy atom.